The second-order valence-corrected chi connectivity index (χ2v) is 7.66. The van der Waals surface area contributed by atoms with Gasteiger partial charge in [0.05, 0.1) is 10.4 Å². The van der Waals surface area contributed by atoms with Crippen LogP contribution in [0.15, 0.2) is 9.85 Å². The topological polar surface area (TPSA) is 29.5 Å². The van der Waals surface area contributed by atoms with Crippen molar-refractivity contribution in [2.45, 2.75) is 32.6 Å². The Morgan fingerprint density at radius 1 is 1.61 bits per heavy atom. The third kappa shape index (κ3) is 2.72. The Hall–Kier alpha value is -0.550. The molecule has 0 saturated carbocycles. The smallest absolute Gasteiger partial charge is 0.409 e. The van der Waals surface area contributed by atoms with Crippen LogP contribution in [0, 0.1) is 0 Å². The van der Waals surface area contributed by atoms with Crippen LogP contribution in [-0.4, -0.2) is 30.7 Å². The summed E-state index contributed by atoms with van der Waals surface area (Å²) in [7, 11) is 0. The Morgan fingerprint density at radius 3 is 3.00 bits per heavy atom. The van der Waals surface area contributed by atoms with Gasteiger partial charge in [0.25, 0.3) is 0 Å². The van der Waals surface area contributed by atoms with Gasteiger partial charge in [0, 0.05) is 23.4 Å². The SMILES string of the molecule is CCOC(=O)N1CCc2sc(Br)cc2C(C)(C)C1. The summed E-state index contributed by atoms with van der Waals surface area (Å²) in [5, 5.41) is 0. The molecule has 0 radical (unpaired) electrons. The van der Waals surface area contributed by atoms with Crippen molar-refractivity contribution in [1.82, 2.24) is 4.90 Å². The van der Waals surface area contributed by atoms with Gasteiger partial charge in [-0.25, -0.2) is 4.79 Å². The van der Waals surface area contributed by atoms with Gasteiger partial charge in [-0.15, -0.1) is 11.3 Å². The molecular formula is C13H18BrNO2S. The summed E-state index contributed by atoms with van der Waals surface area (Å²) in [5.41, 5.74) is 1.33. The standard InChI is InChI=1S/C13H18BrNO2S/c1-4-17-12(16)15-6-5-10-9(7-11(14)18-10)13(2,3)8-15/h7H,4-6,8H2,1-3H3. The van der Waals surface area contributed by atoms with Crippen molar-refractivity contribution in [3.8, 4) is 0 Å². The van der Waals surface area contributed by atoms with Gasteiger partial charge in [0.15, 0.2) is 0 Å². The molecule has 0 saturated heterocycles. The van der Waals surface area contributed by atoms with Gasteiger partial charge in [-0.05, 0) is 40.9 Å². The highest BCUT2D eigenvalue weighted by molar-refractivity contribution is 9.11. The molecule has 1 aromatic rings. The van der Waals surface area contributed by atoms with Gasteiger partial charge in [0.1, 0.15) is 0 Å². The molecule has 2 rings (SSSR count). The molecule has 5 heteroatoms. The molecular weight excluding hydrogens is 314 g/mol. The third-order valence-corrected chi connectivity index (χ3v) is 4.93. The van der Waals surface area contributed by atoms with Crippen LogP contribution in [0.3, 0.4) is 0 Å². The van der Waals surface area contributed by atoms with Gasteiger partial charge in [-0.1, -0.05) is 13.8 Å². The molecule has 1 aromatic heterocycles. The molecule has 0 N–H and O–H groups in total. The van der Waals surface area contributed by atoms with E-state index in [2.05, 4.69) is 35.8 Å². The molecule has 0 aromatic carbocycles. The number of carbonyl (C=O) groups is 1. The largest absolute Gasteiger partial charge is 0.450 e. The van der Waals surface area contributed by atoms with Crippen LogP contribution in [0.25, 0.3) is 0 Å². The predicted molar refractivity (Wildman–Crippen MR) is 77.3 cm³/mol. The summed E-state index contributed by atoms with van der Waals surface area (Å²) in [4.78, 5) is 15.1. The fourth-order valence-electron chi connectivity index (χ4n) is 2.40. The van der Waals surface area contributed by atoms with Crippen LogP contribution in [0.4, 0.5) is 4.79 Å². The molecule has 0 unspecified atom stereocenters. The summed E-state index contributed by atoms with van der Waals surface area (Å²) in [6.07, 6.45) is 0.716. The molecule has 3 nitrogen and oxygen atoms in total. The van der Waals surface area contributed by atoms with E-state index in [1.54, 1.807) is 11.3 Å². The first-order chi connectivity index (χ1) is 8.44. The van der Waals surface area contributed by atoms with Gasteiger partial charge < -0.3 is 9.64 Å². The Labute approximate surface area is 120 Å². The minimum atomic E-state index is -0.195. The van der Waals surface area contributed by atoms with Crippen LogP contribution in [0.1, 0.15) is 31.2 Å². The van der Waals surface area contributed by atoms with E-state index in [0.29, 0.717) is 13.2 Å². The van der Waals surface area contributed by atoms with Gasteiger partial charge in [-0.2, -0.15) is 0 Å². The molecule has 0 aliphatic carbocycles. The zero-order valence-electron chi connectivity index (χ0n) is 11.0. The normalized spacial score (nSPS) is 18.1. The molecule has 0 bridgehead atoms. The Kier molecular flexibility index (Phi) is 4.02. The van der Waals surface area contributed by atoms with Crippen molar-refractivity contribution in [3.05, 3.63) is 20.3 Å². The number of amides is 1. The Balaban J connectivity index is 2.24. The molecule has 1 amide bonds. The van der Waals surface area contributed by atoms with E-state index in [0.717, 1.165) is 13.0 Å². The maximum absolute atomic E-state index is 11.9. The van der Waals surface area contributed by atoms with Gasteiger partial charge >= 0.3 is 6.09 Å². The van der Waals surface area contributed by atoms with Crippen LogP contribution in [0.5, 0.6) is 0 Å². The minimum absolute atomic E-state index is 0.0267. The first kappa shape index (κ1) is 13.9. The van der Waals surface area contributed by atoms with E-state index in [-0.39, 0.29) is 11.5 Å². The van der Waals surface area contributed by atoms with E-state index in [1.807, 2.05) is 11.8 Å². The zero-order chi connectivity index (χ0) is 13.3. The summed E-state index contributed by atoms with van der Waals surface area (Å²) < 4.78 is 6.28. The number of nitrogens with zero attached hydrogens (tertiary/aromatic N) is 1. The molecule has 18 heavy (non-hydrogen) atoms. The van der Waals surface area contributed by atoms with E-state index >= 15 is 0 Å². The third-order valence-electron chi connectivity index (χ3n) is 3.23. The van der Waals surface area contributed by atoms with Gasteiger partial charge in [-0.3, -0.25) is 0 Å². The van der Waals surface area contributed by atoms with E-state index in [9.17, 15) is 4.79 Å². The summed E-state index contributed by atoms with van der Waals surface area (Å²) >= 11 is 5.32. The number of hydrogen-bond donors (Lipinski definition) is 0. The lowest BCUT2D eigenvalue weighted by Gasteiger charge is -2.29. The fourth-order valence-corrected chi connectivity index (χ4v) is 4.27. The lowest BCUT2D eigenvalue weighted by atomic mass is 9.85. The molecule has 1 aliphatic rings. The minimum Gasteiger partial charge on any atom is -0.450 e. The van der Waals surface area contributed by atoms with Crippen LogP contribution in [0.2, 0.25) is 0 Å². The van der Waals surface area contributed by atoms with Crippen molar-refractivity contribution in [1.29, 1.82) is 0 Å². The molecule has 0 atom stereocenters. The molecule has 0 spiro atoms. The number of ether oxygens (including phenoxy) is 1. The quantitative estimate of drug-likeness (QED) is 0.783. The highest BCUT2D eigenvalue weighted by atomic mass is 79.9. The highest BCUT2D eigenvalue weighted by Gasteiger charge is 2.33. The first-order valence-corrected chi connectivity index (χ1v) is 7.75. The average Bonchev–Trinajstić information content (AvgIpc) is 2.61. The summed E-state index contributed by atoms with van der Waals surface area (Å²) in [5.74, 6) is 0. The number of fused-ring (bicyclic) bond motifs is 1. The second-order valence-electron chi connectivity index (χ2n) is 5.14. The van der Waals surface area contributed by atoms with Crippen molar-refractivity contribution >= 4 is 33.4 Å². The van der Waals surface area contributed by atoms with Crippen molar-refractivity contribution in [2.75, 3.05) is 19.7 Å². The number of halogens is 1. The van der Waals surface area contributed by atoms with Crippen LogP contribution in [-0.2, 0) is 16.6 Å². The zero-order valence-corrected chi connectivity index (χ0v) is 13.4. The average molecular weight is 332 g/mol. The first-order valence-electron chi connectivity index (χ1n) is 6.14. The number of carbonyl (C=O) groups excluding carboxylic acids is 1. The Morgan fingerprint density at radius 2 is 2.33 bits per heavy atom. The predicted octanol–water partition coefficient (Wildman–Crippen LogP) is 3.80. The van der Waals surface area contributed by atoms with Gasteiger partial charge in [0.2, 0.25) is 0 Å². The fraction of sp³-hybridized carbons (Fsp3) is 0.615. The summed E-state index contributed by atoms with van der Waals surface area (Å²) in [6, 6.07) is 2.19. The maximum Gasteiger partial charge on any atom is 0.409 e. The molecule has 100 valence electrons. The van der Waals surface area contributed by atoms with Crippen LogP contribution >= 0.6 is 27.3 Å². The van der Waals surface area contributed by atoms with E-state index in [4.69, 9.17) is 4.74 Å². The maximum atomic E-state index is 11.9. The second kappa shape index (κ2) is 5.21. The molecule has 2 heterocycles. The molecule has 1 aliphatic heterocycles. The van der Waals surface area contributed by atoms with Crippen molar-refractivity contribution in [2.24, 2.45) is 0 Å². The molecule has 0 fully saturated rings. The number of hydrogen-bond acceptors (Lipinski definition) is 3. The lowest BCUT2D eigenvalue weighted by molar-refractivity contribution is 0.101. The number of thiophene rings is 1. The highest BCUT2D eigenvalue weighted by Crippen LogP contribution is 2.38. The Bertz CT molecular complexity index is 456. The number of rotatable bonds is 1. The lowest BCUT2D eigenvalue weighted by Crippen LogP contribution is -2.40. The van der Waals surface area contributed by atoms with E-state index < -0.39 is 0 Å². The van der Waals surface area contributed by atoms with Crippen LogP contribution < -0.4 is 0 Å². The van der Waals surface area contributed by atoms with E-state index in [1.165, 1.54) is 14.2 Å². The van der Waals surface area contributed by atoms with Crippen molar-refractivity contribution in [3.63, 3.8) is 0 Å². The van der Waals surface area contributed by atoms with Crippen molar-refractivity contribution < 1.29 is 9.53 Å². The monoisotopic (exact) mass is 331 g/mol. The summed E-state index contributed by atoms with van der Waals surface area (Å²) in [6.45, 7) is 8.09.